The largest absolute Gasteiger partial charge is 0.394 e. The number of nitrogens with zero attached hydrogens (tertiary/aromatic N) is 4. The molecule has 0 saturated heterocycles. The first-order chi connectivity index (χ1) is 9.88. The molecule has 0 aliphatic carbocycles. The van der Waals surface area contributed by atoms with Crippen molar-refractivity contribution in [3.8, 4) is 22.5 Å². The summed E-state index contributed by atoms with van der Waals surface area (Å²) in [4.78, 5) is 8.22. The van der Waals surface area contributed by atoms with E-state index < -0.39 is 0 Å². The van der Waals surface area contributed by atoms with Gasteiger partial charge in [-0.2, -0.15) is 5.10 Å². The van der Waals surface area contributed by atoms with E-state index in [1.807, 2.05) is 42.6 Å². The Balaban J connectivity index is 2.13. The van der Waals surface area contributed by atoms with Crippen LogP contribution in [0.4, 0.5) is 0 Å². The van der Waals surface area contributed by atoms with Gasteiger partial charge in [0, 0.05) is 23.5 Å². The van der Waals surface area contributed by atoms with E-state index in [1.54, 1.807) is 10.9 Å². The fraction of sp³-hybridized carbons (Fsp3) is 0.133. The molecule has 2 heterocycles. The molecule has 3 rings (SSSR count). The van der Waals surface area contributed by atoms with E-state index in [4.69, 9.17) is 5.11 Å². The molecular formula is C15H14N4O. The standard InChI is InChI=1S/C15H14N4O/c20-9-8-19-10-13(14-6-7-16-11-17-14)15(18-19)12-4-2-1-3-5-12/h1-7,10-11,20H,8-9H2. The first kappa shape index (κ1) is 12.5. The lowest BCUT2D eigenvalue weighted by molar-refractivity contribution is 0.269. The number of aliphatic hydroxyl groups excluding tert-OH is 1. The second-order valence-electron chi connectivity index (χ2n) is 4.34. The zero-order valence-electron chi connectivity index (χ0n) is 10.8. The highest BCUT2D eigenvalue weighted by Gasteiger charge is 2.13. The van der Waals surface area contributed by atoms with E-state index in [-0.39, 0.29) is 6.61 Å². The van der Waals surface area contributed by atoms with Gasteiger partial charge in [-0.15, -0.1) is 0 Å². The van der Waals surface area contributed by atoms with Crippen molar-refractivity contribution in [2.24, 2.45) is 0 Å². The highest BCUT2D eigenvalue weighted by molar-refractivity contribution is 5.78. The maximum absolute atomic E-state index is 9.07. The van der Waals surface area contributed by atoms with Crippen LogP contribution in [0.1, 0.15) is 0 Å². The molecule has 0 fully saturated rings. The quantitative estimate of drug-likeness (QED) is 0.784. The molecule has 0 aliphatic heterocycles. The van der Waals surface area contributed by atoms with Crippen LogP contribution in [0.5, 0.6) is 0 Å². The third-order valence-electron chi connectivity index (χ3n) is 3.00. The number of rotatable bonds is 4. The molecule has 3 aromatic rings. The van der Waals surface area contributed by atoms with E-state index >= 15 is 0 Å². The minimum absolute atomic E-state index is 0.0547. The van der Waals surface area contributed by atoms with Gasteiger partial charge in [-0.25, -0.2) is 9.97 Å². The van der Waals surface area contributed by atoms with Crippen molar-refractivity contribution in [1.29, 1.82) is 0 Å². The highest BCUT2D eigenvalue weighted by Crippen LogP contribution is 2.29. The van der Waals surface area contributed by atoms with Gasteiger partial charge in [-0.3, -0.25) is 4.68 Å². The molecule has 20 heavy (non-hydrogen) atoms. The molecule has 5 heteroatoms. The van der Waals surface area contributed by atoms with Crippen molar-refractivity contribution in [3.05, 3.63) is 55.1 Å². The molecule has 5 nitrogen and oxygen atoms in total. The van der Waals surface area contributed by atoms with Gasteiger partial charge in [0.05, 0.1) is 18.8 Å². The summed E-state index contributed by atoms with van der Waals surface area (Å²) in [6.45, 7) is 0.518. The van der Waals surface area contributed by atoms with Gasteiger partial charge in [0.25, 0.3) is 0 Å². The second-order valence-corrected chi connectivity index (χ2v) is 4.34. The van der Waals surface area contributed by atoms with Gasteiger partial charge in [-0.1, -0.05) is 30.3 Å². The second kappa shape index (κ2) is 5.63. The van der Waals surface area contributed by atoms with E-state index in [0.717, 1.165) is 22.5 Å². The number of hydrogen-bond acceptors (Lipinski definition) is 4. The fourth-order valence-electron chi connectivity index (χ4n) is 2.09. The van der Waals surface area contributed by atoms with E-state index in [1.165, 1.54) is 6.33 Å². The van der Waals surface area contributed by atoms with Crippen molar-refractivity contribution >= 4 is 0 Å². The number of aliphatic hydroxyl groups is 1. The molecule has 0 spiro atoms. The molecule has 0 amide bonds. The first-order valence-corrected chi connectivity index (χ1v) is 6.38. The van der Waals surface area contributed by atoms with E-state index in [9.17, 15) is 0 Å². The monoisotopic (exact) mass is 266 g/mol. The SMILES string of the molecule is OCCn1cc(-c2ccncn2)c(-c2ccccc2)n1. The Morgan fingerprint density at radius 2 is 1.95 bits per heavy atom. The van der Waals surface area contributed by atoms with Crippen molar-refractivity contribution in [2.75, 3.05) is 6.61 Å². The number of hydrogen-bond donors (Lipinski definition) is 1. The molecular weight excluding hydrogens is 252 g/mol. The molecule has 100 valence electrons. The van der Waals surface area contributed by atoms with Crippen molar-refractivity contribution < 1.29 is 5.11 Å². The van der Waals surface area contributed by atoms with Gasteiger partial charge in [-0.05, 0) is 6.07 Å². The van der Waals surface area contributed by atoms with Gasteiger partial charge < -0.3 is 5.11 Å². The Labute approximate surface area is 116 Å². The molecule has 2 aromatic heterocycles. The summed E-state index contributed by atoms with van der Waals surface area (Å²) in [5.74, 6) is 0. The molecule has 1 aromatic carbocycles. The van der Waals surface area contributed by atoms with E-state index in [2.05, 4.69) is 15.1 Å². The van der Waals surface area contributed by atoms with Crippen LogP contribution in [0.15, 0.2) is 55.1 Å². The van der Waals surface area contributed by atoms with Gasteiger partial charge in [0.1, 0.15) is 12.0 Å². The average molecular weight is 266 g/mol. The third kappa shape index (κ3) is 2.44. The van der Waals surface area contributed by atoms with Gasteiger partial charge in [0.15, 0.2) is 0 Å². The Hall–Kier alpha value is -2.53. The van der Waals surface area contributed by atoms with Crippen LogP contribution in [-0.4, -0.2) is 31.5 Å². The van der Waals surface area contributed by atoms with Crippen LogP contribution in [0.25, 0.3) is 22.5 Å². The summed E-state index contributed by atoms with van der Waals surface area (Å²) < 4.78 is 1.74. The predicted octanol–water partition coefficient (Wildman–Crippen LogP) is 2.00. The van der Waals surface area contributed by atoms with Crippen LogP contribution in [-0.2, 0) is 6.54 Å². The summed E-state index contributed by atoms with van der Waals surface area (Å²) >= 11 is 0. The summed E-state index contributed by atoms with van der Waals surface area (Å²) in [5.41, 5.74) is 3.64. The van der Waals surface area contributed by atoms with E-state index in [0.29, 0.717) is 6.54 Å². The minimum atomic E-state index is 0.0547. The Kier molecular flexibility index (Phi) is 3.52. The summed E-state index contributed by atoms with van der Waals surface area (Å²) in [5, 5.41) is 13.6. The van der Waals surface area contributed by atoms with Crippen LogP contribution >= 0.6 is 0 Å². The minimum Gasteiger partial charge on any atom is -0.394 e. The van der Waals surface area contributed by atoms with Crippen molar-refractivity contribution in [3.63, 3.8) is 0 Å². The molecule has 1 N–H and O–H groups in total. The molecule has 0 bridgehead atoms. The summed E-state index contributed by atoms with van der Waals surface area (Å²) in [6.07, 6.45) is 5.13. The van der Waals surface area contributed by atoms with Crippen LogP contribution in [0.3, 0.4) is 0 Å². The summed E-state index contributed by atoms with van der Waals surface area (Å²) in [6, 6.07) is 11.8. The smallest absolute Gasteiger partial charge is 0.116 e. The average Bonchev–Trinajstić information content (AvgIpc) is 2.93. The molecule has 0 atom stereocenters. The van der Waals surface area contributed by atoms with Gasteiger partial charge in [0.2, 0.25) is 0 Å². The number of benzene rings is 1. The maximum atomic E-state index is 9.07. The summed E-state index contributed by atoms with van der Waals surface area (Å²) in [7, 11) is 0. The van der Waals surface area contributed by atoms with Crippen molar-refractivity contribution in [1.82, 2.24) is 19.7 Å². The van der Waals surface area contributed by atoms with Crippen LogP contribution in [0, 0.1) is 0 Å². The van der Waals surface area contributed by atoms with Gasteiger partial charge >= 0.3 is 0 Å². The van der Waals surface area contributed by atoms with Crippen LogP contribution < -0.4 is 0 Å². The third-order valence-corrected chi connectivity index (χ3v) is 3.00. The lowest BCUT2D eigenvalue weighted by atomic mass is 10.1. The normalized spacial score (nSPS) is 10.7. The lowest BCUT2D eigenvalue weighted by Crippen LogP contribution is -2.02. The molecule has 0 unspecified atom stereocenters. The molecule has 0 aliphatic rings. The predicted molar refractivity (Wildman–Crippen MR) is 75.8 cm³/mol. The Morgan fingerprint density at radius 1 is 1.10 bits per heavy atom. The Bertz CT molecular complexity index is 623. The lowest BCUT2D eigenvalue weighted by Gasteiger charge is -2.01. The molecule has 0 radical (unpaired) electrons. The number of aromatic nitrogens is 4. The molecule has 0 saturated carbocycles. The zero-order valence-corrected chi connectivity index (χ0v) is 10.8. The van der Waals surface area contributed by atoms with Crippen LogP contribution in [0.2, 0.25) is 0 Å². The van der Waals surface area contributed by atoms with Crippen molar-refractivity contribution in [2.45, 2.75) is 6.54 Å². The first-order valence-electron chi connectivity index (χ1n) is 6.38. The Morgan fingerprint density at radius 3 is 2.65 bits per heavy atom. The fourth-order valence-corrected chi connectivity index (χ4v) is 2.09. The topological polar surface area (TPSA) is 63.8 Å². The maximum Gasteiger partial charge on any atom is 0.116 e. The zero-order chi connectivity index (χ0) is 13.8. The highest BCUT2D eigenvalue weighted by atomic mass is 16.3.